The maximum absolute atomic E-state index is 12.3. The van der Waals surface area contributed by atoms with Crippen LogP contribution in [0.1, 0.15) is 17.3 Å². The minimum absolute atomic E-state index is 0.0214. The summed E-state index contributed by atoms with van der Waals surface area (Å²) < 4.78 is 40.0. The number of benzene rings is 3. The number of nitrogens with two attached hydrogens (primary N) is 1. The number of hydrogen-bond acceptors (Lipinski definition) is 7. The zero-order valence-corrected chi connectivity index (χ0v) is 18.4. The molecule has 0 aliphatic carbocycles. The van der Waals surface area contributed by atoms with Gasteiger partial charge in [0.1, 0.15) is 17.0 Å². The van der Waals surface area contributed by atoms with E-state index in [4.69, 9.17) is 19.0 Å². The quantitative estimate of drug-likeness (QED) is 0.396. The molecule has 4 aromatic rings. The Hall–Kier alpha value is -3.95. The summed E-state index contributed by atoms with van der Waals surface area (Å²) in [5.41, 5.74) is 2.06. The molecule has 0 saturated carbocycles. The first kappa shape index (κ1) is 22.3. The van der Waals surface area contributed by atoms with E-state index in [-0.39, 0.29) is 28.9 Å². The summed E-state index contributed by atoms with van der Waals surface area (Å²) in [4.78, 5) is 16.7. The molecule has 0 radical (unpaired) electrons. The summed E-state index contributed by atoms with van der Waals surface area (Å²) in [6, 6.07) is 21.8. The van der Waals surface area contributed by atoms with E-state index in [2.05, 4.69) is 4.98 Å². The Balaban J connectivity index is 1.77. The average molecular weight is 464 g/mol. The van der Waals surface area contributed by atoms with Crippen molar-refractivity contribution >= 4 is 16.0 Å². The minimum atomic E-state index is -3.83. The van der Waals surface area contributed by atoms with Gasteiger partial charge in [-0.05, 0) is 43.3 Å². The van der Waals surface area contributed by atoms with Crippen molar-refractivity contribution in [2.24, 2.45) is 5.14 Å². The molecule has 0 bridgehead atoms. The van der Waals surface area contributed by atoms with E-state index in [1.165, 1.54) is 12.1 Å². The summed E-state index contributed by atoms with van der Waals surface area (Å²) in [7, 11) is -3.83. The lowest BCUT2D eigenvalue weighted by molar-refractivity contribution is 0.0523. The molecule has 33 heavy (non-hydrogen) atoms. The lowest BCUT2D eigenvalue weighted by Crippen LogP contribution is -2.11. The molecule has 1 aromatic heterocycles. The van der Waals surface area contributed by atoms with Crippen LogP contribution in [0.2, 0.25) is 0 Å². The predicted octanol–water partition coefficient (Wildman–Crippen LogP) is 4.63. The molecule has 0 unspecified atom stereocenters. The highest BCUT2D eigenvalue weighted by Crippen LogP contribution is 2.37. The second-order valence-corrected chi connectivity index (χ2v) is 8.47. The number of ether oxygens (including phenoxy) is 2. The lowest BCUT2D eigenvalue weighted by Gasteiger charge is -2.07. The van der Waals surface area contributed by atoms with Crippen molar-refractivity contribution in [1.29, 1.82) is 0 Å². The van der Waals surface area contributed by atoms with Crippen LogP contribution in [0.5, 0.6) is 11.8 Å². The van der Waals surface area contributed by atoms with Gasteiger partial charge in [-0.15, -0.1) is 0 Å². The van der Waals surface area contributed by atoms with E-state index < -0.39 is 16.0 Å². The van der Waals surface area contributed by atoms with Crippen molar-refractivity contribution in [1.82, 2.24) is 4.98 Å². The number of oxazole rings is 1. The second-order valence-electron chi connectivity index (χ2n) is 6.91. The van der Waals surface area contributed by atoms with E-state index in [9.17, 15) is 13.2 Å². The van der Waals surface area contributed by atoms with E-state index in [1.807, 2.05) is 30.3 Å². The van der Waals surface area contributed by atoms with Gasteiger partial charge in [-0.2, -0.15) is 4.98 Å². The van der Waals surface area contributed by atoms with Gasteiger partial charge >= 0.3 is 12.0 Å². The molecule has 0 saturated heterocycles. The van der Waals surface area contributed by atoms with Gasteiger partial charge in [-0.3, -0.25) is 0 Å². The summed E-state index contributed by atoms with van der Waals surface area (Å²) in [5.74, 6) is 0.0699. The highest BCUT2D eigenvalue weighted by molar-refractivity contribution is 7.89. The van der Waals surface area contributed by atoms with Gasteiger partial charge in [0, 0.05) is 11.1 Å². The molecule has 0 aliphatic heterocycles. The zero-order valence-electron chi connectivity index (χ0n) is 17.6. The molecular formula is C24H20N2O6S. The number of nitrogens with zero attached hydrogens (tertiary/aromatic N) is 1. The van der Waals surface area contributed by atoms with Gasteiger partial charge in [-0.1, -0.05) is 42.5 Å². The predicted molar refractivity (Wildman–Crippen MR) is 121 cm³/mol. The van der Waals surface area contributed by atoms with Gasteiger partial charge in [0.05, 0.1) is 11.5 Å². The Kier molecular flexibility index (Phi) is 6.25. The van der Waals surface area contributed by atoms with Gasteiger partial charge in [-0.25, -0.2) is 18.4 Å². The van der Waals surface area contributed by atoms with Crippen LogP contribution >= 0.6 is 0 Å². The topological polar surface area (TPSA) is 122 Å². The molecule has 1 heterocycles. The van der Waals surface area contributed by atoms with Crippen LogP contribution in [0.4, 0.5) is 0 Å². The normalized spacial score (nSPS) is 11.2. The molecule has 2 N–H and O–H groups in total. The highest BCUT2D eigenvalue weighted by Gasteiger charge is 2.21. The van der Waals surface area contributed by atoms with Crippen LogP contribution in [0.15, 0.2) is 88.2 Å². The van der Waals surface area contributed by atoms with Crippen molar-refractivity contribution in [2.75, 3.05) is 6.61 Å². The molecular weight excluding hydrogens is 444 g/mol. The first-order valence-corrected chi connectivity index (χ1v) is 11.5. The second kappa shape index (κ2) is 9.27. The molecule has 0 fully saturated rings. The third-order valence-electron chi connectivity index (χ3n) is 4.68. The summed E-state index contributed by atoms with van der Waals surface area (Å²) in [6.07, 6.45) is -0.0869. The maximum atomic E-state index is 12.3. The van der Waals surface area contributed by atoms with Gasteiger partial charge in [0.2, 0.25) is 10.0 Å². The van der Waals surface area contributed by atoms with Crippen LogP contribution in [0.3, 0.4) is 0 Å². The summed E-state index contributed by atoms with van der Waals surface area (Å²) >= 11 is 0. The first-order valence-electron chi connectivity index (χ1n) is 10.0. The smallest absolute Gasteiger partial charge is 0.400 e. The molecule has 0 atom stereocenters. The zero-order chi connectivity index (χ0) is 23.4. The van der Waals surface area contributed by atoms with Gasteiger partial charge < -0.3 is 13.9 Å². The Morgan fingerprint density at radius 2 is 1.61 bits per heavy atom. The third kappa shape index (κ3) is 4.94. The van der Waals surface area contributed by atoms with Crippen LogP contribution in [-0.2, 0) is 14.8 Å². The van der Waals surface area contributed by atoms with Crippen LogP contribution in [0.25, 0.3) is 22.6 Å². The number of para-hydroxylation sites is 1. The van der Waals surface area contributed by atoms with Crippen molar-refractivity contribution in [3.05, 3.63) is 84.4 Å². The molecule has 0 amide bonds. The fraction of sp³-hybridized carbons (Fsp3) is 0.0833. The fourth-order valence-corrected chi connectivity index (χ4v) is 3.67. The summed E-state index contributed by atoms with van der Waals surface area (Å²) in [6.45, 7) is 1.94. The van der Waals surface area contributed by atoms with E-state index in [0.717, 1.165) is 5.56 Å². The van der Waals surface area contributed by atoms with Gasteiger partial charge in [0.15, 0.2) is 5.76 Å². The number of esters is 1. The fourth-order valence-electron chi connectivity index (χ4n) is 3.15. The number of sulfonamides is 1. The van der Waals surface area contributed by atoms with Gasteiger partial charge in [0.25, 0.3) is 0 Å². The lowest BCUT2D eigenvalue weighted by atomic mass is 10.1. The highest BCUT2D eigenvalue weighted by atomic mass is 32.2. The average Bonchev–Trinajstić information content (AvgIpc) is 3.23. The SMILES string of the molecule is CCOC(=O)c1ccccc1Oc1nc(-c2ccccc2)c(-c2ccc(S(N)(=O)=O)cc2)o1. The first-order chi connectivity index (χ1) is 15.9. The Morgan fingerprint density at radius 1 is 0.939 bits per heavy atom. The van der Waals surface area contributed by atoms with Crippen molar-refractivity contribution < 1.29 is 27.1 Å². The minimum Gasteiger partial charge on any atom is -0.462 e. The number of aromatic nitrogens is 1. The van der Waals surface area contributed by atoms with Crippen molar-refractivity contribution in [3.8, 4) is 34.4 Å². The number of carbonyl (C=O) groups is 1. The maximum Gasteiger partial charge on any atom is 0.400 e. The Morgan fingerprint density at radius 3 is 2.27 bits per heavy atom. The van der Waals surface area contributed by atoms with Crippen LogP contribution < -0.4 is 9.88 Å². The Bertz CT molecular complexity index is 1380. The number of hydrogen-bond donors (Lipinski definition) is 1. The standard InChI is InChI=1S/C24H20N2O6S/c1-2-30-23(27)19-10-6-7-11-20(19)31-24-26-21(16-8-4-3-5-9-16)22(32-24)17-12-14-18(15-13-17)33(25,28)29/h3-15H,2H2,1H3,(H2,25,28,29). The number of carbonyl (C=O) groups excluding carboxylic acids is 1. The van der Waals surface area contributed by atoms with Crippen LogP contribution in [-0.4, -0.2) is 26.0 Å². The molecule has 3 aromatic carbocycles. The molecule has 168 valence electrons. The molecule has 0 spiro atoms. The Labute approximate surface area is 190 Å². The van der Waals surface area contributed by atoms with Crippen molar-refractivity contribution in [3.63, 3.8) is 0 Å². The molecule has 9 heteroatoms. The molecule has 4 rings (SSSR count). The largest absolute Gasteiger partial charge is 0.462 e. The summed E-state index contributed by atoms with van der Waals surface area (Å²) in [5, 5.41) is 5.20. The van der Waals surface area contributed by atoms with E-state index >= 15 is 0 Å². The third-order valence-corrected chi connectivity index (χ3v) is 5.61. The molecule has 8 nitrogen and oxygen atoms in total. The number of rotatable bonds is 7. The van der Waals surface area contributed by atoms with E-state index in [0.29, 0.717) is 17.0 Å². The number of primary sulfonamides is 1. The van der Waals surface area contributed by atoms with E-state index in [1.54, 1.807) is 43.3 Å². The monoisotopic (exact) mass is 464 g/mol. The van der Waals surface area contributed by atoms with Crippen molar-refractivity contribution in [2.45, 2.75) is 11.8 Å². The van der Waals surface area contributed by atoms with Crippen LogP contribution in [0, 0.1) is 0 Å². The molecule has 0 aliphatic rings.